The summed E-state index contributed by atoms with van der Waals surface area (Å²) in [5.74, 6) is 1.21. The van der Waals surface area contributed by atoms with Crippen LogP contribution in [0.4, 0.5) is 0 Å². The SMILES string of the molecule is CC(C)C1C=Cc2cc(C3=CC(c4ccc(Cc5ccccc5)cc4)=CC3)ccc21. The van der Waals surface area contributed by atoms with Crippen molar-refractivity contribution < 1.29 is 0 Å². The first-order chi connectivity index (χ1) is 14.7. The van der Waals surface area contributed by atoms with Gasteiger partial charge in [0.15, 0.2) is 0 Å². The van der Waals surface area contributed by atoms with Gasteiger partial charge in [0.1, 0.15) is 0 Å². The Morgan fingerprint density at radius 1 is 0.833 bits per heavy atom. The molecular formula is C30H28. The Labute approximate surface area is 180 Å². The largest absolute Gasteiger partial charge is 0.0761 e. The summed E-state index contributed by atoms with van der Waals surface area (Å²) in [4.78, 5) is 0. The lowest BCUT2D eigenvalue weighted by Crippen LogP contribution is -2.01. The fourth-order valence-electron chi connectivity index (χ4n) is 4.69. The molecule has 2 aliphatic carbocycles. The van der Waals surface area contributed by atoms with Crippen LogP contribution in [0.1, 0.15) is 59.6 Å². The molecule has 3 aromatic rings. The van der Waals surface area contributed by atoms with Crippen LogP contribution < -0.4 is 0 Å². The van der Waals surface area contributed by atoms with E-state index in [2.05, 4.69) is 111 Å². The monoisotopic (exact) mass is 388 g/mol. The zero-order chi connectivity index (χ0) is 20.5. The van der Waals surface area contributed by atoms with Gasteiger partial charge in [0.25, 0.3) is 0 Å². The number of allylic oxidation sites excluding steroid dienone is 5. The van der Waals surface area contributed by atoms with E-state index in [1.807, 2.05) is 0 Å². The minimum atomic E-state index is 0.565. The summed E-state index contributed by atoms with van der Waals surface area (Å²) in [6.45, 7) is 4.61. The van der Waals surface area contributed by atoms with E-state index in [0.717, 1.165) is 12.8 Å². The van der Waals surface area contributed by atoms with E-state index in [4.69, 9.17) is 0 Å². The minimum Gasteiger partial charge on any atom is -0.0761 e. The molecule has 1 atom stereocenters. The normalized spacial score (nSPS) is 17.2. The van der Waals surface area contributed by atoms with Crippen molar-refractivity contribution >= 4 is 17.2 Å². The van der Waals surface area contributed by atoms with Crippen molar-refractivity contribution in [3.05, 3.63) is 124 Å². The highest BCUT2D eigenvalue weighted by atomic mass is 14.3. The highest BCUT2D eigenvalue weighted by Gasteiger charge is 2.21. The van der Waals surface area contributed by atoms with Crippen LogP contribution in [0.3, 0.4) is 0 Å². The smallest absolute Gasteiger partial charge is 0.00502 e. The third-order valence-corrected chi connectivity index (χ3v) is 6.43. The number of hydrogen-bond donors (Lipinski definition) is 0. The second-order valence-corrected chi connectivity index (χ2v) is 8.87. The van der Waals surface area contributed by atoms with Gasteiger partial charge in [0.2, 0.25) is 0 Å². The van der Waals surface area contributed by atoms with Gasteiger partial charge in [-0.15, -0.1) is 0 Å². The first kappa shape index (κ1) is 18.9. The standard InChI is InChI=1S/C30H28/c1-21(2)29-16-15-28-20-27(14-17-30(28)29)26-13-12-25(19-26)24-10-8-23(9-11-24)18-22-6-4-3-5-7-22/h3-12,14-17,19-21,29H,13,18H2,1-2H3. The average molecular weight is 389 g/mol. The van der Waals surface area contributed by atoms with E-state index in [9.17, 15) is 0 Å². The molecule has 0 bridgehead atoms. The topological polar surface area (TPSA) is 0 Å². The molecule has 2 aliphatic rings. The Morgan fingerprint density at radius 2 is 1.57 bits per heavy atom. The first-order valence-electron chi connectivity index (χ1n) is 11.0. The molecule has 0 aromatic heterocycles. The molecule has 0 fully saturated rings. The Morgan fingerprint density at radius 3 is 2.33 bits per heavy atom. The number of rotatable bonds is 5. The lowest BCUT2D eigenvalue weighted by atomic mass is 9.89. The van der Waals surface area contributed by atoms with Crippen molar-refractivity contribution in [1.82, 2.24) is 0 Å². The van der Waals surface area contributed by atoms with E-state index in [0.29, 0.717) is 11.8 Å². The molecule has 3 aromatic carbocycles. The van der Waals surface area contributed by atoms with Crippen LogP contribution in [0.25, 0.3) is 17.2 Å². The molecule has 148 valence electrons. The van der Waals surface area contributed by atoms with Gasteiger partial charge in [-0.25, -0.2) is 0 Å². The van der Waals surface area contributed by atoms with Crippen molar-refractivity contribution in [2.24, 2.45) is 5.92 Å². The molecule has 0 nitrogen and oxygen atoms in total. The minimum absolute atomic E-state index is 0.565. The van der Waals surface area contributed by atoms with Gasteiger partial charge in [-0.2, -0.15) is 0 Å². The molecule has 0 heterocycles. The van der Waals surface area contributed by atoms with Crippen molar-refractivity contribution in [1.29, 1.82) is 0 Å². The highest BCUT2D eigenvalue weighted by molar-refractivity contribution is 5.90. The summed E-state index contributed by atoms with van der Waals surface area (Å²) in [7, 11) is 0. The molecule has 0 N–H and O–H groups in total. The second-order valence-electron chi connectivity index (χ2n) is 8.87. The van der Waals surface area contributed by atoms with Gasteiger partial charge in [-0.1, -0.05) is 105 Å². The van der Waals surface area contributed by atoms with E-state index in [1.54, 1.807) is 0 Å². The van der Waals surface area contributed by atoms with Gasteiger partial charge in [0.05, 0.1) is 0 Å². The van der Waals surface area contributed by atoms with Crippen molar-refractivity contribution in [3.8, 4) is 0 Å². The number of benzene rings is 3. The van der Waals surface area contributed by atoms with Crippen LogP contribution in [-0.2, 0) is 6.42 Å². The van der Waals surface area contributed by atoms with Gasteiger partial charge in [-0.05, 0) is 69.4 Å². The maximum absolute atomic E-state index is 2.37. The molecule has 30 heavy (non-hydrogen) atoms. The number of fused-ring (bicyclic) bond motifs is 1. The fourth-order valence-corrected chi connectivity index (χ4v) is 4.69. The molecule has 5 rings (SSSR count). The van der Waals surface area contributed by atoms with E-state index in [1.165, 1.54) is 44.5 Å². The van der Waals surface area contributed by atoms with Gasteiger partial charge < -0.3 is 0 Å². The number of hydrogen-bond acceptors (Lipinski definition) is 0. The van der Waals surface area contributed by atoms with Gasteiger partial charge >= 0.3 is 0 Å². The molecule has 0 saturated heterocycles. The fraction of sp³-hybridized carbons (Fsp3) is 0.200. The molecule has 0 amide bonds. The maximum Gasteiger partial charge on any atom is 0.00502 e. The van der Waals surface area contributed by atoms with E-state index >= 15 is 0 Å². The summed E-state index contributed by atoms with van der Waals surface area (Å²) >= 11 is 0. The summed E-state index contributed by atoms with van der Waals surface area (Å²) in [5.41, 5.74) is 11.0. The molecule has 0 radical (unpaired) electrons. The maximum atomic E-state index is 2.37. The average Bonchev–Trinajstić information content (AvgIpc) is 3.42. The molecule has 0 heteroatoms. The van der Waals surface area contributed by atoms with Crippen LogP contribution >= 0.6 is 0 Å². The summed E-state index contributed by atoms with van der Waals surface area (Å²) < 4.78 is 0. The Bertz CT molecular complexity index is 1140. The third kappa shape index (κ3) is 3.71. The Balaban J connectivity index is 1.32. The van der Waals surface area contributed by atoms with E-state index in [-0.39, 0.29) is 0 Å². The lowest BCUT2D eigenvalue weighted by Gasteiger charge is -2.15. The zero-order valence-corrected chi connectivity index (χ0v) is 17.8. The Kier molecular flexibility index (Phi) is 5.01. The summed E-state index contributed by atoms with van der Waals surface area (Å²) in [6, 6.07) is 26.8. The third-order valence-electron chi connectivity index (χ3n) is 6.43. The summed E-state index contributed by atoms with van der Waals surface area (Å²) in [6.07, 6.45) is 11.4. The molecular weight excluding hydrogens is 360 g/mol. The first-order valence-corrected chi connectivity index (χ1v) is 11.0. The van der Waals surface area contributed by atoms with Crippen molar-refractivity contribution in [2.45, 2.75) is 32.6 Å². The highest BCUT2D eigenvalue weighted by Crippen LogP contribution is 2.39. The predicted molar refractivity (Wildman–Crippen MR) is 129 cm³/mol. The van der Waals surface area contributed by atoms with Gasteiger partial charge in [0, 0.05) is 5.92 Å². The van der Waals surface area contributed by atoms with Gasteiger partial charge in [-0.3, -0.25) is 0 Å². The second kappa shape index (κ2) is 7.95. The van der Waals surface area contributed by atoms with Crippen LogP contribution in [0.15, 0.2) is 91.0 Å². The predicted octanol–water partition coefficient (Wildman–Crippen LogP) is 7.91. The van der Waals surface area contributed by atoms with Crippen molar-refractivity contribution in [2.75, 3.05) is 0 Å². The van der Waals surface area contributed by atoms with Crippen LogP contribution in [0.5, 0.6) is 0 Å². The lowest BCUT2D eigenvalue weighted by molar-refractivity contribution is 0.584. The molecule has 0 spiro atoms. The van der Waals surface area contributed by atoms with Crippen LogP contribution in [-0.4, -0.2) is 0 Å². The van der Waals surface area contributed by atoms with Crippen LogP contribution in [0.2, 0.25) is 0 Å². The molecule has 1 unspecified atom stereocenters. The Hall–Kier alpha value is -3.12. The molecule has 0 saturated carbocycles. The summed E-state index contributed by atoms with van der Waals surface area (Å²) in [5, 5.41) is 0. The van der Waals surface area contributed by atoms with Crippen LogP contribution in [0, 0.1) is 5.92 Å². The zero-order valence-electron chi connectivity index (χ0n) is 17.8. The molecule has 0 aliphatic heterocycles. The van der Waals surface area contributed by atoms with Crippen molar-refractivity contribution in [3.63, 3.8) is 0 Å². The van der Waals surface area contributed by atoms with E-state index < -0.39 is 0 Å². The quantitative estimate of drug-likeness (QED) is 0.416.